The third-order valence-electron chi connectivity index (χ3n) is 2.73. The molecule has 0 bridgehead atoms. The number of nitrogens with two attached hydrogens (primary N) is 1. The molecule has 1 amide bonds. The molecule has 0 aromatic heterocycles. The highest BCUT2D eigenvalue weighted by atomic mass is 16.3. The molecule has 0 aliphatic carbocycles. The predicted octanol–water partition coefficient (Wildman–Crippen LogP) is 1.03. The Bertz CT molecular complexity index is 391. The molecule has 0 saturated heterocycles. The summed E-state index contributed by atoms with van der Waals surface area (Å²) in [5, 5.41) is 9.00. The van der Waals surface area contributed by atoms with Gasteiger partial charge in [-0.05, 0) is 37.6 Å². The molecule has 4 heteroatoms. The zero-order valence-electron chi connectivity index (χ0n) is 9.90. The summed E-state index contributed by atoms with van der Waals surface area (Å²) in [4.78, 5) is 13.6. The summed E-state index contributed by atoms with van der Waals surface area (Å²) in [5.74, 6) is -0.0981. The quantitative estimate of drug-likeness (QED) is 0.751. The summed E-state index contributed by atoms with van der Waals surface area (Å²) in [7, 11) is 1.68. The molecule has 0 spiro atoms. The van der Waals surface area contributed by atoms with Crippen LogP contribution in [0.4, 0.5) is 5.69 Å². The Morgan fingerprint density at radius 3 is 2.69 bits per heavy atom. The van der Waals surface area contributed by atoms with Gasteiger partial charge in [0.25, 0.3) is 5.91 Å². The fraction of sp³-hybridized carbons (Fsp3) is 0.417. The van der Waals surface area contributed by atoms with Gasteiger partial charge in [0.15, 0.2) is 0 Å². The Labute approximate surface area is 95.7 Å². The van der Waals surface area contributed by atoms with Gasteiger partial charge in [0, 0.05) is 18.3 Å². The highest BCUT2D eigenvalue weighted by molar-refractivity contribution is 5.96. The first-order chi connectivity index (χ1) is 7.47. The summed E-state index contributed by atoms with van der Waals surface area (Å²) in [6.07, 6.45) is 0. The zero-order valence-corrected chi connectivity index (χ0v) is 9.90. The van der Waals surface area contributed by atoms with Gasteiger partial charge in [0.1, 0.15) is 0 Å². The van der Waals surface area contributed by atoms with Crippen molar-refractivity contribution in [2.75, 3.05) is 19.4 Å². The number of aliphatic hydroxyl groups excluding tert-OH is 1. The largest absolute Gasteiger partial charge is 0.399 e. The summed E-state index contributed by atoms with van der Waals surface area (Å²) in [5.41, 5.74) is 7.74. The molecule has 0 radical (unpaired) electrons. The Morgan fingerprint density at radius 1 is 1.56 bits per heavy atom. The van der Waals surface area contributed by atoms with Gasteiger partial charge in [-0.15, -0.1) is 0 Å². The number of carbonyl (C=O) groups is 1. The highest BCUT2D eigenvalue weighted by Gasteiger charge is 2.18. The van der Waals surface area contributed by atoms with Crippen molar-refractivity contribution in [1.29, 1.82) is 0 Å². The third-order valence-corrected chi connectivity index (χ3v) is 2.73. The second kappa shape index (κ2) is 4.99. The minimum Gasteiger partial charge on any atom is -0.399 e. The molecule has 16 heavy (non-hydrogen) atoms. The fourth-order valence-corrected chi connectivity index (χ4v) is 1.44. The molecule has 0 fully saturated rings. The Kier molecular flexibility index (Phi) is 3.90. The average Bonchev–Trinajstić information content (AvgIpc) is 2.26. The van der Waals surface area contributed by atoms with E-state index in [1.54, 1.807) is 32.2 Å². The van der Waals surface area contributed by atoms with Gasteiger partial charge in [-0.3, -0.25) is 4.79 Å². The standard InChI is InChI=1S/C12H18N2O2/c1-8-6-10(13)4-5-11(8)12(16)14(3)9(2)7-15/h4-6,9,15H,7,13H2,1-3H3. The number of nitrogen functional groups attached to an aromatic ring is 1. The molecular formula is C12H18N2O2. The molecule has 3 N–H and O–H groups in total. The van der Waals surface area contributed by atoms with E-state index in [0.717, 1.165) is 5.56 Å². The molecule has 1 aromatic carbocycles. The Hall–Kier alpha value is -1.55. The second-order valence-corrected chi connectivity index (χ2v) is 4.02. The number of carbonyl (C=O) groups excluding carboxylic acids is 1. The number of amides is 1. The molecule has 1 rings (SSSR count). The number of nitrogens with zero attached hydrogens (tertiary/aromatic N) is 1. The van der Waals surface area contributed by atoms with Crippen LogP contribution in [0.15, 0.2) is 18.2 Å². The number of aryl methyl sites for hydroxylation is 1. The first kappa shape index (κ1) is 12.5. The zero-order chi connectivity index (χ0) is 12.3. The minimum atomic E-state index is -0.190. The molecular weight excluding hydrogens is 204 g/mol. The van der Waals surface area contributed by atoms with Crippen LogP contribution in [0.2, 0.25) is 0 Å². The van der Waals surface area contributed by atoms with Crippen molar-refractivity contribution >= 4 is 11.6 Å². The van der Waals surface area contributed by atoms with Crippen molar-refractivity contribution in [3.8, 4) is 0 Å². The molecule has 0 saturated carbocycles. The molecule has 4 nitrogen and oxygen atoms in total. The van der Waals surface area contributed by atoms with Gasteiger partial charge in [0.2, 0.25) is 0 Å². The molecule has 1 aromatic rings. The van der Waals surface area contributed by atoms with Crippen LogP contribution in [0.1, 0.15) is 22.8 Å². The van der Waals surface area contributed by atoms with Crippen LogP contribution in [-0.2, 0) is 0 Å². The maximum absolute atomic E-state index is 12.1. The molecule has 1 atom stereocenters. The number of aliphatic hydroxyl groups is 1. The number of likely N-dealkylation sites (N-methyl/N-ethyl adjacent to an activating group) is 1. The number of rotatable bonds is 3. The van der Waals surface area contributed by atoms with Crippen molar-refractivity contribution in [1.82, 2.24) is 4.90 Å². The monoisotopic (exact) mass is 222 g/mol. The minimum absolute atomic E-state index is 0.0454. The van der Waals surface area contributed by atoms with Crippen molar-refractivity contribution in [2.24, 2.45) is 0 Å². The highest BCUT2D eigenvalue weighted by Crippen LogP contribution is 2.15. The van der Waals surface area contributed by atoms with Crippen molar-refractivity contribution in [3.63, 3.8) is 0 Å². The third kappa shape index (κ3) is 2.52. The van der Waals surface area contributed by atoms with E-state index in [4.69, 9.17) is 10.8 Å². The van der Waals surface area contributed by atoms with Crippen LogP contribution in [0, 0.1) is 6.92 Å². The predicted molar refractivity (Wildman–Crippen MR) is 64.2 cm³/mol. The lowest BCUT2D eigenvalue weighted by molar-refractivity contribution is 0.0681. The summed E-state index contributed by atoms with van der Waals surface area (Å²) in [6.45, 7) is 3.60. The van der Waals surface area contributed by atoms with Crippen molar-refractivity contribution in [3.05, 3.63) is 29.3 Å². The van der Waals surface area contributed by atoms with Crippen LogP contribution in [0.25, 0.3) is 0 Å². The van der Waals surface area contributed by atoms with Gasteiger partial charge in [-0.1, -0.05) is 0 Å². The lowest BCUT2D eigenvalue weighted by atomic mass is 10.1. The smallest absolute Gasteiger partial charge is 0.254 e. The van der Waals surface area contributed by atoms with Gasteiger partial charge in [0.05, 0.1) is 12.6 Å². The first-order valence-electron chi connectivity index (χ1n) is 5.21. The topological polar surface area (TPSA) is 66.6 Å². The number of benzene rings is 1. The Morgan fingerprint density at radius 2 is 2.19 bits per heavy atom. The van der Waals surface area contributed by atoms with E-state index >= 15 is 0 Å². The number of hydrogen-bond donors (Lipinski definition) is 2. The van der Waals surface area contributed by atoms with E-state index in [0.29, 0.717) is 11.3 Å². The number of hydrogen-bond acceptors (Lipinski definition) is 3. The van der Waals surface area contributed by atoms with Gasteiger partial charge < -0.3 is 15.7 Å². The summed E-state index contributed by atoms with van der Waals surface area (Å²) in [6, 6.07) is 5.00. The normalized spacial score (nSPS) is 12.2. The molecule has 0 aliphatic heterocycles. The summed E-state index contributed by atoms with van der Waals surface area (Å²) >= 11 is 0. The fourth-order valence-electron chi connectivity index (χ4n) is 1.44. The van der Waals surface area contributed by atoms with E-state index in [9.17, 15) is 4.79 Å². The maximum Gasteiger partial charge on any atom is 0.254 e. The van der Waals surface area contributed by atoms with Crippen LogP contribution < -0.4 is 5.73 Å². The molecule has 0 aliphatic rings. The lowest BCUT2D eigenvalue weighted by Crippen LogP contribution is -2.37. The maximum atomic E-state index is 12.1. The Balaban J connectivity index is 2.96. The van der Waals surface area contributed by atoms with E-state index in [1.165, 1.54) is 4.90 Å². The SMILES string of the molecule is Cc1cc(N)ccc1C(=O)N(C)C(C)CO. The molecule has 1 unspecified atom stereocenters. The van der Waals surface area contributed by atoms with Crippen LogP contribution in [0.5, 0.6) is 0 Å². The second-order valence-electron chi connectivity index (χ2n) is 4.02. The number of anilines is 1. The van der Waals surface area contributed by atoms with Crippen LogP contribution >= 0.6 is 0 Å². The molecule has 88 valence electrons. The van der Waals surface area contributed by atoms with Crippen molar-refractivity contribution in [2.45, 2.75) is 19.9 Å². The molecule has 0 heterocycles. The van der Waals surface area contributed by atoms with E-state index in [-0.39, 0.29) is 18.6 Å². The average molecular weight is 222 g/mol. The first-order valence-corrected chi connectivity index (χ1v) is 5.21. The lowest BCUT2D eigenvalue weighted by Gasteiger charge is -2.24. The summed E-state index contributed by atoms with van der Waals surface area (Å²) < 4.78 is 0. The van der Waals surface area contributed by atoms with E-state index in [1.807, 2.05) is 6.92 Å². The van der Waals surface area contributed by atoms with E-state index in [2.05, 4.69) is 0 Å². The van der Waals surface area contributed by atoms with Crippen LogP contribution in [0.3, 0.4) is 0 Å². The van der Waals surface area contributed by atoms with Gasteiger partial charge >= 0.3 is 0 Å². The van der Waals surface area contributed by atoms with Crippen LogP contribution in [-0.4, -0.2) is 35.6 Å². The van der Waals surface area contributed by atoms with Gasteiger partial charge in [-0.2, -0.15) is 0 Å². The van der Waals surface area contributed by atoms with Crippen molar-refractivity contribution < 1.29 is 9.90 Å². The van der Waals surface area contributed by atoms with Gasteiger partial charge in [-0.25, -0.2) is 0 Å². The van der Waals surface area contributed by atoms with E-state index < -0.39 is 0 Å².